The summed E-state index contributed by atoms with van der Waals surface area (Å²) in [5, 5.41) is 3.05. The van der Waals surface area contributed by atoms with Gasteiger partial charge in [-0.1, -0.05) is 30.3 Å². The van der Waals surface area contributed by atoms with Gasteiger partial charge in [0, 0.05) is 26.1 Å². The van der Waals surface area contributed by atoms with Crippen molar-refractivity contribution in [2.75, 3.05) is 27.3 Å². The number of para-hydroxylation sites is 2. The smallest absolute Gasteiger partial charge is 0.259 e. The molecule has 0 radical (unpaired) electrons. The number of nitrogens with one attached hydrogen (secondary N) is 1. The quantitative estimate of drug-likeness (QED) is 0.895. The maximum absolute atomic E-state index is 12.8. The number of benzene rings is 2. The molecule has 0 aliphatic carbocycles. The molecule has 26 heavy (non-hydrogen) atoms. The van der Waals surface area contributed by atoms with E-state index in [1.165, 1.54) is 4.90 Å². The van der Waals surface area contributed by atoms with E-state index in [1.54, 1.807) is 38.4 Å². The lowest BCUT2D eigenvalue weighted by molar-refractivity contribution is -0.130. The highest BCUT2D eigenvalue weighted by atomic mass is 16.5. The fourth-order valence-corrected chi connectivity index (χ4v) is 2.78. The lowest BCUT2D eigenvalue weighted by Gasteiger charge is -2.26. The summed E-state index contributed by atoms with van der Waals surface area (Å²) in [4.78, 5) is 26.0. The van der Waals surface area contributed by atoms with Crippen LogP contribution in [0, 0.1) is 0 Å². The Bertz CT molecular complexity index is 804. The zero-order chi connectivity index (χ0) is 18.5. The van der Waals surface area contributed by atoms with Crippen molar-refractivity contribution in [1.29, 1.82) is 0 Å². The molecule has 1 heterocycles. The number of amides is 2. The minimum absolute atomic E-state index is 0.114. The van der Waals surface area contributed by atoms with Crippen molar-refractivity contribution in [3.8, 4) is 11.5 Å². The second kappa shape index (κ2) is 7.91. The largest absolute Gasteiger partial charge is 0.493 e. The second-order valence-corrected chi connectivity index (χ2v) is 6.27. The van der Waals surface area contributed by atoms with Gasteiger partial charge < -0.3 is 19.7 Å². The standard InChI is InChI=1S/C20H22N2O4/c1-22(2)19(23)13-26-18-10-6-4-8-15(18)20(24)21-16-11-12-25-17-9-5-3-7-14(16)17/h3-10,16H,11-13H2,1-2H3,(H,21,24). The number of rotatable bonds is 5. The summed E-state index contributed by atoms with van der Waals surface area (Å²) in [6.45, 7) is 0.439. The number of likely N-dealkylation sites (N-methyl/N-ethyl adjacent to an activating group) is 1. The SMILES string of the molecule is CN(C)C(=O)COc1ccccc1C(=O)NC1CCOc2ccccc21. The molecule has 1 N–H and O–H groups in total. The van der Waals surface area contributed by atoms with E-state index in [0.29, 0.717) is 24.3 Å². The third-order valence-corrected chi connectivity index (χ3v) is 4.25. The van der Waals surface area contributed by atoms with Crippen LogP contribution >= 0.6 is 0 Å². The van der Waals surface area contributed by atoms with Gasteiger partial charge in [-0.2, -0.15) is 0 Å². The summed E-state index contributed by atoms with van der Waals surface area (Å²) in [7, 11) is 3.32. The molecule has 0 spiro atoms. The molecular formula is C20H22N2O4. The van der Waals surface area contributed by atoms with Crippen molar-refractivity contribution >= 4 is 11.8 Å². The average molecular weight is 354 g/mol. The van der Waals surface area contributed by atoms with Crippen LogP contribution in [0.5, 0.6) is 11.5 Å². The molecule has 1 aliphatic heterocycles. The summed E-state index contributed by atoms with van der Waals surface area (Å²) in [5.41, 5.74) is 1.37. The maximum Gasteiger partial charge on any atom is 0.259 e. The molecule has 1 atom stereocenters. The van der Waals surface area contributed by atoms with E-state index >= 15 is 0 Å². The second-order valence-electron chi connectivity index (χ2n) is 6.27. The normalized spacial score (nSPS) is 15.4. The first kappa shape index (κ1) is 17.8. The highest BCUT2D eigenvalue weighted by molar-refractivity contribution is 5.97. The van der Waals surface area contributed by atoms with Gasteiger partial charge in [-0.25, -0.2) is 0 Å². The van der Waals surface area contributed by atoms with Crippen molar-refractivity contribution in [1.82, 2.24) is 10.2 Å². The van der Waals surface area contributed by atoms with Crippen LogP contribution in [0.1, 0.15) is 28.4 Å². The Morgan fingerprint density at radius 3 is 2.69 bits per heavy atom. The van der Waals surface area contributed by atoms with Gasteiger partial charge in [-0.3, -0.25) is 9.59 Å². The minimum atomic E-state index is -0.236. The number of hydrogen-bond donors (Lipinski definition) is 1. The van der Waals surface area contributed by atoms with Crippen molar-refractivity contribution in [2.45, 2.75) is 12.5 Å². The van der Waals surface area contributed by atoms with Crippen LogP contribution in [0.4, 0.5) is 0 Å². The first-order valence-electron chi connectivity index (χ1n) is 8.51. The lowest BCUT2D eigenvalue weighted by Crippen LogP contribution is -2.33. The van der Waals surface area contributed by atoms with Crippen LogP contribution in [-0.4, -0.2) is 44.0 Å². The Morgan fingerprint density at radius 1 is 1.15 bits per heavy atom. The summed E-state index contributed by atoms with van der Waals surface area (Å²) in [6, 6.07) is 14.5. The van der Waals surface area contributed by atoms with Crippen LogP contribution in [0.2, 0.25) is 0 Å². The highest BCUT2D eigenvalue weighted by Crippen LogP contribution is 2.32. The minimum Gasteiger partial charge on any atom is -0.493 e. The van der Waals surface area contributed by atoms with E-state index in [0.717, 1.165) is 11.3 Å². The van der Waals surface area contributed by atoms with E-state index in [-0.39, 0.29) is 24.5 Å². The molecule has 1 aliphatic rings. The third kappa shape index (κ3) is 3.96. The Hall–Kier alpha value is -3.02. The number of nitrogens with zero attached hydrogens (tertiary/aromatic N) is 1. The fourth-order valence-electron chi connectivity index (χ4n) is 2.78. The van der Waals surface area contributed by atoms with E-state index in [2.05, 4.69) is 5.32 Å². The average Bonchev–Trinajstić information content (AvgIpc) is 2.66. The van der Waals surface area contributed by atoms with Crippen LogP contribution in [-0.2, 0) is 4.79 Å². The Morgan fingerprint density at radius 2 is 1.88 bits per heavy atom. The monoisotopic (exact) mass is 354 g/mol. The first-order valence-corrected chi connectivity index (χ1v) is 8.51. The molecule has 0 saturated heterocycles. The van der Waals surface area contributed by atoms with Crippen LogP contribution < -0.4 is 14.8 Å². The van der Waals surface area contributed by atoms with Crippen LogP contribution in [0.3, 0.4) is 0 Å². The Kier molecular flexibility index (Phi) is 5.41. The van der Waals surface area contributed by atoms with Crippen molar-refractivity contribution in [2.24, 2.45) is 0 Å². The van der Waals surface area contributed by atoms with Crippen molar-refractivity contribution in [3.05, 3.63) is 59.7 Å². The molecule has 6 heteroatoms. The van der Waals surface area contributed by atoms with Gasteiger partial charge in [0.2, 0.25) is 0 Å². The maximum atomic E-state index is 12.8. The number of ether oxygens (including phenoxy) is 2. The molecule has 0 bridgehead atoms. The zero-order valence-electron chi connectivity index (χ0n) is 14.9. The predicted molar refractivity (Wildman–Crippen MR) is 97.4 cm³/mol. The summed E-state index contributed by atoms with van der Waals surface area (Å²) in [5.74, 6) is 0.781. The Labute approximate surface area is 152 Å². The first-order chi connectivity index (χ1) is 12.6. The molecule has 2 aromatic rings. The number of carbonyl (C=O) groups is 2. The summed E-state index contributed by atoms with van der Waals surface area (Å²) < 4.78 is 11.2. The molecule has 1 unspecified atom stereocenters. The predicted octanol–water partition coefficient (Wildman–Crippen LogP) is 2.41. The van der Waals surface area contributed by atoms with Gasteiger partial charge >= 0.3 is 0 Å². The molecule has 0 aromatic heterocycles. The van der Waals surface area contributed by atoms with Gasteiger partial charge in [-0.05, 0) is 18.2 Å². The summed E-state index contributed by atoms with van der Waals surface area (Å²) >= 11 is 0. The molecule has 3 rings (SSSR count). The van der Waals surface area contributed by atoms with Gasteiger partial charge in [0.25, 0.3) is 11.8 Å². The summed E-state index contributed by atoms with van der Waals surface area (Å²) in [6.07, 6.45) is 0.699. The van der Waals surface area contributed by atoms with Crippen molar-refractivity contribution < 1.29 is 19.1 Å². The van der Waals surface area contributed by atoms with E-state index in [1.807, 2.05) is 24.3 Å². The Balaban J connectivity index is 1.74. The van der Waals surface area contributed by atoms with Gasteiger partial charge in [0.15, 0.2) is 6.61 Å². The number of carbonyl (C=O) groups excluding carboxylic acids is 2. The number of fused-ring (bicyclic) bond motifs is 1. The van der Waals surface area contributed by atoms with E-state index in [9.17, 15) is 9.59 Å². The molecular weight excluding hydrogens is 332 g/mol. The van der Waals surface area contributed by atoms with Crippen LogP contribution in [0.15, 0.2) is 48.5 Å². The number of hydrogen-bond acceptors (Lipinski definition) is 4. The van der Waals surface area contributed by atoms with E-state index in [4.69, 9.17) is 9.47 Å². The fraction of sp³-hybridized carbons (Fsp3) is 0.300. The lowest BCUT2D eigenvalue weighted by atomic mass is 10.00. The molecule has 2 aromatic carbocycles. The molecule has 0 saturated carbocycles. The topological polar surface area (TPSA) is 67.9 Å². The van der Waals surface area contributed by atoms with Crippen molar-refractivity contribution in [3.63, 3.8) is 0 Å². The molecule has 6 nitrogen and oxygen atoms in total. The van der Waals surface area contributed by atoms with E-state index < -0.39 is 0 Å². The van der Waals surface area contributed by atoms with Gasteiger partial charge in [0.1, 0.15) is 11.5 Å². The van der Waals surface area contributed by atoms with Gasteiger partial charge in [-0.15, -0.1) is 0 Å². The molecule has 136 valence electrons. The molecule has 0 fully saturated rings. The van der Waals surface area contributed by atoms with Crippen LogP contribution in [0.25, 0.3) is 0 Å². The third-order valence-electron chi connectivity index (χ3n) is 4.25. The highest BCUT2D eigenvalue weighted by Gasteiger charge is 2.24. The molecule has 2 amide bonds. The zero-order valence-corrected chi connectivity index (χ0v) is 14.9. The van der Waals surface area contributed by atoms with Gasteiger partial charge in [0.05, 0.1) is 18.2 Å².